The molecule has 1 aromatic rings. The Kier molecular flexibility index (Phi) is 10.00. The molecule has 0 radical (unpaired) electrons. The van der Waals surface area contributed by atoms with E-state index in [4.69, 9.17) is 9.47 Å². The van der Waals surface area contributed by atoms with Gasteiger partial charge in [-0.05, 0) is 38.5 Å². The van der Waals surface area contributed by atoms with Gasteiger partial charge in [0.15, 0.2) is 11.5 Å². The molecule has 0 aliphatic carbocycles. The number of hydrogen-bond acceptors (Lipinski definition) is 6. The molecule has 0 amide bonds. The first kappa shape index (κ1) is 25.4. The molecule has 27 heavy (non-hydrogen) atoms. The van der Waals surface area contributed by atoms with Crippen LogP contribution in [0.4, 0.5) is 0 Å². The van der Waals surface area contributed by atoms with E-state index in [1.54, 1.807) is 39.8 Å². The van der Waals surface area contributed by atoms with Gasteiger partial charge in [-0.15, -0.1) is 12.4 Å². The summed E-state index contributed by atoms with van der Waals surface area (Å²) < 4.78 is 10.7. The number of aliphatic hydroxyl groups excluding tert-OH is 1. The normalized spacial score (nSPS) is 12.5. The highest BCUT2D eigenvalue weighted by molar-refractivity contribution is 5.85. The Bertz CT molecular complexity index is 638. The fourth-order valence-electron chi connectivity index (χ4n) is 1.87. The highest BCUT2D eigenvalue weighted by atomic mass is 35.5. The van der Waals surface area contributed by atoms with Crippen LogP contribution in [-0.4, -0.2) is 29.1 Å². The van der Waals surface area contributed by atoms with Crippen molar-refractivity contribution in [2.45, 2.75) is 60.1 Å². The Morgan fingerprint density at radius 2 is 1.48 bits per heavy atom. The fraction of sp³-hybridized carbons (Fsp3) is 0.600. The first-order valence-electron chi connectivity index (χ1n) is 8.91. The van der Waals surface area contributed by atoms with Gasteiger partial charge in [-0.3, -0.25) is 9.59 Å². The summed E-state index contributed by atoms with van der Waals surface area (Å²) in [4.78, 5) is 23.9. The van der Waals surface area contributed by atoms with Gasteiger partial charge >= 0.3 is 11.9 Å². The van der Waals surface area contributed by atoms with Crippen LogP contribution in [0.1, 0.15) is 60.1 Å². The molecule has 0 aliphatic rings. The summed E-state index contributed by atoms with van der Waals surface area (Å²) in [6, 6.07) is 4.74. The van der Waals surface area contributed by atoms with Crippen molar-refractivity contribution in [3.63, 3.8) is 0 Å². The molecular formula is C20H32ClNO5. The summed E-state index contributed by atoms with van der Waals surface area (Å²) in [6.07, 6.45) is -0.791. The number of benzene rings is 1. The van der Waals surface area contributed by atoms with Gasteiger partial charge in [0.1, 0.15) is 0 Å². The van der Waals surface area contributed by atoms with Gasteiger partial charge in [0, 0.05) is 12.1 Å². The van der Waals surface area contributed by atoms with E-state index in [2.05, 4.69) is 5.32 Å². The molecule has 0 aromatic heterocycles. The SMILES string of the molecule is CC(C)C(=O)Oc1ccc([C@@H](O)CNC(C)(C)C)cc1OC(=O)C(C)C.Cl. The number of ether oxygens (including phenoxy) is 2. The fourth-order valence-corrected chi connectivity index (χ4v) is 1.87. The van der Waals surface area contributed by atoms with Gasteiger partial charge < -0.3 is 19.9 Å². The number of carbonyl (C=O) groups is 2. The molecule has 0 fully saturated rings. The van der Waals surface area contributed by atoms with Crippen molar-refractivity contribution in [1.29, 1.82) is 0 Å². The third-order valence-electron chi connectivity index (χ3n) is 3.54. The molecule has 0 spiro atoms. The van der Waals surface area contributed by atoms with Crippen LogP contribution < -0.4 is 14.8 Å². The molecule has 1 rings (SSSR count). The van der Waals surface area contributed by atoms with E-state index < -0.39 is 18.0 Å². The van der Waals surface area contributed by atoms with Crippen molar-refractivity contribution in [1.82, 2.24) is 5.32 Å². The molecule has 1 aromatic carbocycles. The first-order valence-corrected chi connectivity index (χ1v) is 8.91. The van der Waals surface area contributed by atoms with Crippen molar-refractivity contribution in [2.24, 2.45) is 11.8 Å². The number of carbonyl (C=O) groups excluding carboxylic acids is 2. The summed E-state index contributed by atoms with van der Waals surface area (Å²) in [6.45, 7) is 13.2. The minimum Gasteiger partial charge on any atom is -0.422 e. The van der Waals surface area contributed by atoms with Crippen molar-refractivity contribution >= 4 is 24.3 Å². The predicted octanol–water partition coefficient (Wildman–Crippen LogP) is 3.65. The van der Waals surface area contributed by atoms with Crippen molar-refractivity contribution in [2.75, 3.05) is 6.54 Å². The van der Waals surface area contributed by atoms with Crippen LogP contribution in [0.5, 0.6) is 11.5 Å². The van der Waals surface area contributed by atoms with Crippen molar-refractivity contribution in [3.05, 3.63) is 23.8 Å². The van der Waals surface area contributed by atoms with E-state index in [0.717, 1.165) is 0 Å². The maximum absolute atomic E-state index is 12.0. The lowest BCUT2D eigenvalue weighted by atomic mass is 10.1. The molecule has 0 saturated carbocycles. The molecule has 0 saturated heterocycles. The average Bonchev–Trinajstić information content (AvgIpc) is 2.53. The third kappa shape index (κ3) is 8.73. The van der Waals surface area contributed by atoms with E-state index in [1.807, 2.05) is 20.8 Å². The Morgan fingerprint density at radius 1 is 1.00 bits per heavy atom. The Hall–Kier alpha value is -1.63. The molecule has 1 atom stereocenters. The van der Waals surface area contributed by atoms with Crippen LogP contribution >= 0.6 is 12.4 Å². The van der Waals surface area contributed by atoms with Gasteiger partial charge in [-0.2, -0.15) is 0 Å². The van der Waals surface area contributed by atoms with Gasteiger partial charge in [-0.25, -0.2) is 0 Å². The maximum atomic E-state index is 12.0. The largest absolute Gasteiger partial charge is 0.422 e. The van der Waals surface area contributed by atoms with Gasteiger partial charge in [0.05, 0.1) is 17.9 Å². The second-order valence-electron chi connectivity index (χ2n) is 8.00. The molecular weight excluding hydrogens is 370 g/mol. The average molecular weight is 402 g/mol. The highest BCUT2D eigenvalue weighted by Crippen LogP contribution is 2.32. The summed E-state index contributed by atoms with van der Waals surface area (Å²) in [5, 5.41) is 13.6. The number of esters is 2. The number of aliphatic hydroxyl groups is 1. The second-order valence-corrected chi connectivity index (χ2v) is 8.00. The van der Waals surface area contributed by atoms with E-state index in [0.29, 0.717) is 12.1 Å². The number of nitrogens with one attached hydrogen (secondary N) is 1. The predicted molar refractivity (Wildman–Crippen MR) is 107 cm³/mol. The summed E-state index contributed by atoms with van der Waals surface area (Å²) in [5.41, 5.74) is 0.429. The van der Waals surface area contributed by atoms with E-state index in [9.17, 15) is 14.7 Å². The van der Waals surface area contributed by atoms with Gasteiger partial charge in [0.25, 0.3) is 0 Å². The monoisotopic (exact) mass is 401 g/mol. The van der Waals surface area contributed by atoms with Crippen LogP contribution in [0.15, 0.2) is 18.2 Å². The number of halogens is 1. The molecule has 2 N–H and O–H groups in total. The van der Waals surface area contributed by atoms with Crippen LogP contribution in [0.3, 0.4) is 0 Å². The van der Waals surface area contributed by atoms with Crippen LogP contribution in [0.25, 0.3) is 0 Å². The van der Waals surface area contributed by atoms with E-state index in [1.165, 1.54) is 6.07 Å². The molecule has 154 valence electrons. The zero-order chi connectivity index (χ0) is 20.1. The van der Waals surface area contributed by atoms with Gasteiger partial charge in [0.2, 0.25) is 0 Å². The lowest BCUT2D eigenvalue weighted by molar-refractivity contribution is -0.140. The first-order chi connectivity index (χ1) is 11.9. The number of rotatable bonds is 7. The smallest absolute Gasteiger partial charge is 0.313 e. The van der Waals surface area contributed by atoms with E-state index in [-0.39, 0.29) is 41.3 Å². The zero-order valence-electron chi connectivity index (χ0n) is 17.2. The molecule has 0 unspecified atom stereocenters. The standard InChI is InChI=1S/C20H31NO5.ClH/c1-12(2)18(23)25-16-9-8-14(15(22)11-21-20(5,6)7)10-17(16)26-19(24)13(3)4;/h8-10,12-13,15,21-22H,11H2,1-7H3;1H/t15-;/m0./s1. The Morgan fingerprint density at radius 3 is 1.93 bits per heavy atom. The van der Waals surface area contributed by atoms with Crippen LogP contribution in [-0.2, 0) is 9.59 Å². The maximum Gasteiger partial charge on any atom is 0.313 e. The summed E-state index contributed by atoms with van der Waals surface area (Å²) in [7, 11) is 0. The van der Waals surface area contributed by atoms with Crippen molar-refractivity contribution in [3.8, 4) is 11.5 Å². The minimum absolute atomic E-state index is 0. The molecule has 7 heteroatoms. The van der Waals surface area contributed by atoms with Crippen LogP contribution in [0, 0.1) is 11.8 Å². The third-order valence-corrected chi connectivity index (χ3v) is 3.54. The molecule has 0 bridgehead atoms. The van der Waals surface area contributed by atoms with Gasteiger partial charge in [-0.1, -0.05) is 33.8 Å². The zero-order valence-corrected chi connectivity index (χ0v) is 18.0. The lowest BCUT2D eigenvalue weighted by Crippen LogP contribution is -2.38. The quantitative estimate of drug-likeness (QED) is 0.535. The Balaban J connectivity index is 0.00000676. The summed E-state index contributed by atoms with van der Waals surface area (Å²) in [5.74, 6) is -1.21. The van der Waals surface area contributed by atoms with E-state index >= 15 is 0 Å². The van der Waals surface area contributed by atoms with Crippen LogP contribution in [0.2, 0.25) is 0 Å². The minimum atomic E-state index is -0.791. The molecule has 0 aliphatic heterocycles. The molecule has 6 nitrogen and oxygen atoms in total. The molecule has 0 heterocycles. The second kappa shape index (κ2) is 10.6. The number of β-amino-alcohol motifs (C(OH)–C–C–N with tert-alkyl or cyclic N) is 1. The number of hydrogen-bond donors (Lipinski definition) is 2. The Labute approximate surface area is 168 Å². The highest BCUT2D eigenvalue weighted by Gasteiger charge is 2.20. The van der Waals surface area contributed by atoms with Crippen molar-refractivity contribution < 1.29 is 24.2 Å². The lowest BCUT2D eigenvalue weighted by Gasteiger charge is -2.23. The summed E-state index contributed by atoms with van der Waals surface area (Å²) >= 11 is 0. The topological polar surface area (TPSA) is 84.9 Å².